The molecule has 0 saturated carbocycles. The highest BCUT2D eigenvalue weighted by molar-refractivity contribution is 6.01. The van der Waals surface area contributed by atoms with E-state index in [0.29, 0.717) is 31.7 Å². The summed E-state index contributed by atoms with van der Waals surface area (Å²) in [4.78, 5) is 31.9. The van der Waals surface area contributed by atoms with E-state index in [-0.39, 0.29) is 23.9 Å². The molecule has 224 valence electrons. The molecule has 2 rings (SSSR count). The molecule has 7 nitrogen and oxygen atoms in total. The molecule has 2 amide bonds. The molecule has 0 bridgehead atoms. The predicted octanol–water partition coefficient (Wildman–Crippen LogP) is 6.14. The minimum atomic E-state index is -0.644. The van der Waals surface area contributed by atoms with E-state index in [1.165, 1.54) is 6.42 Å². The highest BCUT2D eigenvalue weighted by Crippen LogP contribution is 2.32. The van der Waals surface area contributed by atoms with Gasteiger partial charge in [-0.2, -0.15) is 0 Å². The second-order valence-electron chi connectivity index (χ2n) is 11.5. The lowest BCUT2D eigenvalue weighted by Crippen LogP contribution is -2.51. The maximum Gasteiger partial charge on any atom is 0.254 e. The highest BCUT2D eigenvalue weighted by atomic mass is 16.5. The van der Waals surface area contributed by atoms with Crippen LogP contribution in [0.25, 0.3) is 0 Å². The van der Waals surface area contributed by atoms with E-state index in [4.69, 9.17) is 9.47 Å². The standard InChI is InChI=1S/C29H49N3O4.C3H8/c1-9-29(6,20-36-8)28(34)31(15-10-11-16-35-7)26-18-25(22(4)17-23(26)5)27(33)32(21(2)3)24-13-12-14-30-19-24;1-3-2/h17-18,21,24,30H,9-16,19-20H2,1-8H3;3H2,1-2H3. The fraction of sp³-hybridized carbons (Fsp3) is 0.750. The first-order valence-electron chi connectivity index (χ1n) is 15.0. The van der Waals surface area contributed by atoms with Crippen molar-refractivity contribution in [3.63, 3.8) is 0 Å². The van der Waals surface area contributed by atoms with E-state index >= 15 is 0 Å². The lowest BCUT2D eigenvalue weighted by atomic mass is 9.86. The van der Waals surface area contributed by atoms with E-state index in [9.17, 15) is 9.59 Å². The molecule has 1 aromatic rings. The van der Waals surface area contributed by atoms with Crippen molar-refractivity contribution in [3.8, 4) is 0 Å². The molecule has 2 unspecified atom stereocenters. The summed E-state index contributed by atoms with van der Waals surface area (Å²) in [6.07, 6.45) is 5.66. The minimum Gasteiger partial charge on any atom is -0.385 e. The molecule has 1 fully saturated rings. The van der Waals surface area contributed by atoms with Gasteiger partial charge in [-0.05, 0) is 90.5 Å². The molecule has 0 spiro atoms. The third-order valence-electron chi connectivity index (χ3n) is 7.50. The van der Waals surface area contributed by atoms with Crippen LogP contribution in [-0.2, 0) is 14.3 Å². The number of hydrogen-bond donors (Lipinski definition) is 1. The Morgan fingerprint density at radius 3 is 2.26 bits per heavy atom. The third kappa shape index (κ3) is 9.87. The average Bonchev–Trinajstić information content (AvgIpc) is 2.90. The number of carbonyl (C=O) groups is 2. The van der Waals surface area contributed by atoms with Crippen molar-refractivity contribution in [1.29, 1.82) is 0 Å². The van der Waals surface area contributed by atoms with Crippen LogP contribution in [0.15, 0.2) is 12.1 Å². The molecule has 1 N–H and O–H groups in total. The summed E-state index contributed by atoms with van der Waals surface area (Å²) in [5.41, 5.74) is 2.78. The smallest absolute Gasteiger partial charge is 0.254 e. The van der Waals surface area contributed by atoms with E-state index in [1.54, 1.807) is 14.2 Å². The van der Waals surface area contributed by atoms with Crippen LogP contribution in [0.5, 0.6) is 0 Å². The topological polar surface area (TPSA) is 71.1 Å². The second kappa shape index (κ2) is 17.7. The zero-order valence-corrected chi connectivity index (χ0v) is 26.6. The first-order valence-corrected chi connectivity index (χ1v) is 15.0. The van der Waals surface area contributed by atoms with Gasteiger partial charge in [0.05, 0.1) is 12.0 Å². The summed E-state index contributed by atoms with van der Waals surface area (Å²) in [5.74, 6) is 0.0752. The molecule has 39 heavy (non-hydrogen) atoms. The fourth-order valence-electron chi connectivity index (χ4n) is 5.20. The molecule has 1 heterocycles. The Morgan fingerprint density at radius 1 is 1.08 bits per heavy atom. The van der Waals surface area contributed by atoms with E-state index in [0.717, 1.165) is 55.6 Å². The zero-order valence-electron chi connectivity index (χ0n) is 26.6. The van der Waals surface area contributed by atoms with Gasteiger partial charge in [0.2, 0.25) is 5.91 Å². The Bertz CT molecular complexity index is 882. The molecule has 1 aromatic carbocycles. The van der Waals surface area contributed by atoms with Crippen LogP contribution in [-0.4, -0.2) is 75.9 Å². The maximum absolute atomic E-state index is 14.0. The van der Waals surface area contributed by atoms with E-state index in [1.807, 2.05) is 43.6 Å². The summed E-state index contributed by atoms with van der Waals surface area (Å²) >= 11 is 0. The Morgan fingerprint density at radius 2 is 1.74 bits per heavy atom. The molecule has 1 aliphatic heterocycles. The first kappa shape index (κ1) is 35.1. The number of nitrogens with one attached hydrogen (secondary N) is 1. The molecule has 0 aromatic heterocycles. The van der Waals surface area contributed by atoms with Crippen LogP contribution in [0, 0.1) is 19.3 Å². The van der Waals surface area contributed by atoms with Gasteiger partial charge >= 0.3 is 0 Å². The Kier molecular flexibility index (Phi) is 15.9. The Balaban J connectivity index is 0.00000242. The number of piperidine rings is 1. The second-order valence-corrected chi connectivity index (χ2v) is 11.5. The van der Waals surface area contributed by atoms with E-state index in [2.05, 4.69) is 39.1 Å². The molecule has 7 heteroatoms. The van der Waals surface area contributed by atoms with Gasteiger partial charge in [-0.25, -0.2) is 0 Å². The van der Waals surface area contributed by atoms with Crippen molar-refractivity contribution in [2.75, 3.05) is 52.0 Å². The number of aryl methyl sites for hydroxylation is 2. The van der Waals surface area contributed by atoms with Crippen LogP contribution >= 0.6 is 0 Å². The quantitative estimate of drug-likeness (QED) is 0.300. The first-order chi connectivity index (χ1) is 18.5. The molecule has 0 aliphatic carbocycles. The highest BCUT2D eigenvalue weighted by Gasteiger charge is 2.37. The maximum atomic E-state index is 14.0. The van der Waals surface area contributed by atoms with Crippen molar-refractivity contribution in [2.24, 2.45) is 5.41 Å². The van der Waals surface area contributed by atoms with Crippen molar-refractivity contribution >= 4 is 17.5 Å². The number of carbonyl (C=O) groups excluding carboxylic acids is 2. The SMILES string of the molecule is CCC.CCC(C)(COC)C(=O)N(CCCCOC)c1cc(C(=O)N(C(C)C)C2CCCNC2)c(C)cc1C. The molecule has 1 saturated heterocycles. The summed E-state index contributed by atoms with van der Waals surface area (Å²) in [6, 6.07) is 4.26. The third-order valence-corrected chi connectivity index (χ3v) is 7.50. The van der Waals surface area contributed by atoms with Crippen molar-refractivity contribution in [3.05, 3.63) is 28.8 Å². The monoisotopic (exact) mass is 547 g/mol. The van der Waals surface area contributed by atoms with Crippen LogP contribution in [0.2, 0.25) is 0 Å². The number of methoxy groups -OCH3 is 2. The number of benzene rings is 1. The zero-order chi connectivity index (χ0) is 29.6. The largest absolute Gasteiger partial charge is 0.385 e. The van der Waals surface area contributed by atoms with Gasteiger partial charge in [0.25, 0.3) is 5.91 Å². The summed E-state index contributed by atoms with van der Waals surface area (Å²) in [7, 11) is 3.33. The van der Waals surface area contributed by atoms with Crippen molar-refractivity contribution < 1.29 is 19.1 Å². The van der Waals surface area contributed by atoms with Crippen LogP contribution in [0.4, 0.5) is 5.69 Å². The molecule has 1 aliphatic rings. The number of unbranched alkanes of at least 4 members (excludes halogenated alkanes) is 1. The molecular weight excluding hydrogens is 490 g/mol. The fourth-order valence-corrected chi connectivity index (χ4v) is 5.20. The van der Waals surface area contributed by atoms with Crippen LogP contribution < -0.4 is 10.2 Å². The number of amides is 2. The Hall–Kier alpha value is -1.96. The molecular formula is C32H57N3O4. The predicted molar refractivity (Wildman–Crippen MR) is 163 cm³/mol. The van der Waals surface area contributed by atoms with Crippen molar-refractivity contribution in [1.82, 2.24) is 10.2 Å². The van der Waals surface area contributed by atoms with Crippen molar-refractivity contribution in [2.45, 2.75) is 106 Å². The summed E-state index contributed by atoms with van der Waals surface area (Å²) in [5, 5.41) is 3.44. The number of ether oxygens (including phenoxy) is 2. The van der Waals surface area contributed by atoms with Gasteiger partial charge in [0.1, 0.15) is 0 Å². The number of hydrogen-bond acceptors (Lipinski definition) is 5. The van der Waals surface area contributed by atoms with Crippen LogP contribution in [0.1, 0.15) is 102 Å². The normalized spacial score (nSPS) is 16.7. The number of anilines is 1. The summed E-state index contributed by atoms with van der Waals surface area (Å²) < 4.78 is 10.7. The lowest BCUT2D eigenvalue weighted by Gasteiger charge is -2.38. The molecule has 2 atom stereocenters. The van der Waals surface area contributed by atoms with Gasteiger partial charge in [0, 0.05) is 57.3 Å². The lowest BCUT2D eigenvalue weighted by molar-refractivity contribution is -0.130. The van der Waals surface area contributed by atoms with Gasteiger partial charge in [-0.3, -0.25) is 9.59 Å². The van der Waals surface area contributed by atoms with Gasteiger partial charge in [0.15, 0.2) is 0 Å². The van der Waals surface area contributed by atoms with Gasteiger partial charge in [-0.1, -0.05) is 33.3 Å². The van der Waals surface area contributed by atoms with Crippen LogP contribution in [0.3, 0.4) is 0 Å². The Labute approximate surface area is 239 Å². The van der Waals surface area contributed by atoms with Gasteiger partial charge < -0.3 is 24.6 Å². The number of rotatable bonds is 13. The molecule has 0 radical (unpaired) electrons. The average molecular weight is 548 g/mol. The summed E-state index contributed by atoms with van der Waals surface area (Å²) in [6.45, 7) is 19.8. The number of nitrogens with zero attached hydrogens (tertiary/aromatic N) is 2. The minimum absolute atomic E-state index is 0.0341. The van der Waals surface area contributed by atoms with Gasteiger partial charge in [-0.15, -0.1) is 0 Å². The van der Waals surface area contributed by atoms with E-state index < -0.39 is 5.41 Å².